The van der Waals surface area contributed by atoms with Crippen LogP contribution in [0, 0.1) is 6.92 Å². The SMILES string of the molecule is COc1ccc(CN2CCN(Cc3ccon3)C[C@@H]2CCO)cc1C. The van der Waals surface area contributed by atoms with E-state index in [0.717, 1.165) is 56.2 Å². The Morgan fingerprint density at radius 3 is 2.84 bits per heavy atom. The van der Waals surface area contributed by atoms with Crippen LogP contribution in [0.25, 0.3) is 0 Å². The predicted molar refractivity (Wildman–Crippen MR) is 95.4 cm³/mol. The number of rotatable bonds is 7. The average molecular weight is 345 g/mol. The summed E-state index contributed by atoms with van der Waals surface area (Å²) in [7, 11) is 1.70. The first kappa shape index (κ1) is 17.9. The molecule has 0 bridgehead atoms. The molecule has 25 heavy (non-hydrogen) atoms. The minimum absolute atomic E-state index is 0.209. The molecule has 1 fully saturated rings. The first-order valence-corrected chi connectivity index (χ1v) is 8.79. The summed E-state index contributed by atoms with van der Waals surface area (Å²) >= 11 is 0. The topological polar surface area (TPSA) is 62.0 Å². The molecular formula is C19H27N3O3. The van der Waals surface area contributed by atoms with Crippen LogP contribution in [0.5, 0.6) is 5.75 Å². The van der Waals surface area contributed by atoms with E-state index in [9.17, 15) is 5.11 Å². The highest BCUT2D eigenvalue weighted by atomic mass is 16.5. The molecule has 2 aromatic rings. The van der Waals surface area contributed by atoms with Gasteiger partial charge >= 0.3 is 0 Å². The van der Waals surface area contributed by atoms with Gasteiger partial charge in [-0.3, -0.25) is 9.80 Å². The van der Waals surface area contributed by atoms with Gasteiger partial charge in [0.25, 0.3) is 0 Å². The molecule has 6 nitrogen and oxygen atoms in total. The first-order chi connectivity index (χ1) is 12.2. The van der Waals surface area contributed by atoms with Crippen LogP contribution in [-0.2, 0) is 13.1 Å². The smallest absolute Gasteiger partial charge is 0.124 e. The number of hydrogen-bond donors (Lipinski definition) is 1. The molecule has 1 aliphatic rings. The lowest BCUT2D eigenvalue weighted by Gasteiger charge is -2.41. The summed E-state index contributed by atoms with van der Waals surface area (Å²) in [5.74, 6) is 0.924. The van der Waals surface area contributed by atoms with Crippen LogP contribution in [0.4, 0.5) is 0 Å². The van der Waals surface area contributed by atoms with Gasteiger partial charge in [-0.15, -0.1) is 0 Å². The number of aryl methyl sites for hydroxylation is 1. The first-order valence-electron chi connectivity index (χ1n) is 8.79. The standard InChI is InChI=1S/C19H27N3O3/c1-15-11-16(3-4-19(15)24-2)12-22-8-7-21(14-18(22)5-9-23)13-17-6-10-25-20-17/h3-4,6,10-11,18,23H,5,7-9,12-14H2,1-2H3/t18-/m0/s1. The van der Waals surface area contributed by atoms with E-state index in [1.165, 1.54) is 5.56 Å². The van der Waals surface area contributed by atoms with Crippen molar-refractivity contribution in [3.8, 4) is 5.75 Å². The van der Waals surface area contributed by atoms with Crippen molar-refractivity contribution in [2.45, 2.75) is 32.5 Å². The number of aliphatic hydroxyl groups is 1. The van der Waals surface area contributed by atoms with Gasteiger partial charge in [0.05, 0.1) is 12.8 Å². The molecule has 2 heterocycles. The van der Waals surface area contributed by atoms with E-state index < -0.39 is 0 Å². The summed E-state index contributed by atoms with van der Waals surface area (Å²) in [6.45, 7) is 6.88. The summed E-state index contributed by atoms with van der Waals surface area (Å²) in [4.78, 5) is 4.85. The van der Waals surface area contributed by atoms with Crippen molar-refractivity contribution in [3.05, 3.63) is 47.3 Å². The highest BCUT2D eigenvalue weighted by Crippen LogP contribution is 2.22. The number of nitrogens with zero attached hydrogens (tertiary/aromatic N) is 3. The van der Waals surface area contributed by atoms with Crippen LogP contribution in [-0.4, -0.2) is 59.5 Å². The average Bonchev–Trinajstić information content (AvgIpc) is 3.11. The van der Waals surface area contributed by atoms with Crippen LogP contribution in [0.15, 0.2) is 35.1 Å². The molecule has 1 atom stereocenters. The summed E-state index contributed by atoms with van der Waals surface area (Å²) < 4.78 is 10.3. The third-order valence-corrected chi connectivity index (χ3v) is 4.87. The van der Waals surface area contributed by atoms with E-state index in [0.29, 0.717) is 6.04 Å². The number of aliphatic hydroxyl groups excluding tert-OH is 1. The fourth-order valence-electron chi connectivity index (χ4n) is 3.55. The second-order valence-corrected chi connectivity index (χ2v) is 6.67. The molecular weight excluding hydrogens is 318 g/mol. The predicted octanol–water partition coefficient (Wildman–Crippen LogP) is 2.06. The lowest BCUT2D eigenvalue weighted by atomic mass is 10.1. The Balaban J connectivity index is 1.63. The molecule has 3 rings (SSSR count). The highest BCUT2D eigenvalue weighted by Gasteiger charge is 2.27. The molecule has 1 aliphatic heterocycles. The Morgan fingerprint density at radius 2 is 2.16 bits per heavy atom. The molecule has 0 aliphatic carbocycles. The van der Waals surface area contributed by atoms with Crippen molar-refractivity contribution in [3.63, 3.8) is 0 Å². The van der Waals surface area contributed by atoms with Crippen molar-refractivity contribution in [1.29, 1.82) is 0 Å². The fourth-order valence-corrected chi connectivity index (χ4v) is 3.55. The van der Waals surface area contributed by atoms with Crippen LogP contribution < -0.4 is 4.74 Å². The van der Waals surface area contributed by atoms with Crippen molar-refractivity contribution in [2.24, 2.45) is 0 Å². The van der Waals surface area contributed by atoms with Crippen LogP contribution in [0.2, 0.25) is 0 Å². The van der Waals surface area contributed by atoms with Crippen molar-refractivity contribution in [2.75, 3.05) is 33.4 Å². The maximum absolute atomic E-state index is 9.47. The molecule has 0 spiro atoms. The summed E-state index contributed by atoms with van der Waals surface area (Å²) in [5, 5.41) is 13.5. The normalized spacial score (nSPS) is 19.2. The number of benzene rings is 1. The highest BCUT2D eigenvalue weighted by molar-refractivity contribution is 5.36. The van der Waals surface area contributed by atoms with Crippen molar-refractivity contribution >= 4 is 0 Å². The minimum Gasteiger partial charge on any atom is -0.496 e. The van der Waals surface area contributed by atoms with Crippen LogP contribution in [0.3, 0.4) is 0 Å². The molecule has 1 N–H and O–H groups in total. The van der Waals surface area contributed by atoms with E-state index in [1.54, 1.807) is 13.4 Å². The van der Waals surface area contributed by atoms with Crippen molar-refractivity contribution < 1.29 is 14.4 Å². The van der Waals surface area contributed by atoms with Gasteiger partial charge in [-0.1, -0.05) is 17.3 Å². The number of hydrogen-bond acceptors (Lipinski definition) is 6. The van der Waals surface area contributed by atoms with Gasteiger partial charge in [0.1, 0.15) is 12.0 Å². The van der Waals surface area contributed by atoms with E-state index in [1.807, 2.05) is 12.1 Å². The molecule has 0 radical (unpaired) electrons. The van der Waals surface area contributed by atoms with Gasteiger partial charge in [0, 0.05) is 51.4 Å². The zero-order valence-corrected chi connectivity index (χ0v) is 15.0. The Kier molecular flexibility index (Phi) is 6.07. The Bertz CT molecular complexity index is 660. The second-order valence-electron chi connectivity index (χ2n) is 6.67. The molecule has 1 saturated heterocycles. The largest absolute Gasteiger partial charge is 0.496 e. The number of piperazine rings is 1. The quantitative estimate of drug-likeness (QED) is 0.829. The molecule has 136 valence electrons. The lowest BCUT2D eigenvalue weighted by Crippen LogP contribution is -2.52. The van der Waals surface area contributed by atoms with Crippen molar-refractivity contribution in [1.82, 2.24) is 15.0 Å². The molecule has 0 unspecified atom stereocenters. The van der Waals surface area contributed by atoms with Gasteiger partial charge in [-0.25, -0.2) is 0 Å². The minimum atomic E-state index is 0.209. The summed E-state index contributed by atoms with van der Waals surface area (Å²) in [5.41, 5.74) is 3.40. The summed E-state index contributed by atoms with van der Waals surface area (Å²) in [6.07, 6.45) is 2.40. The molecule has 1 aromatic carbocycles. The fraction of sp³-hybridized carbons (Fsp3) is 0.526. The number of ether oxygens (including phenoxy) is 1. The maximum Gasteiger partial charge on any atom is 0.124 e. The van der Waals surface area contributed by atoms with E-state index in [4.69, 9.17) is 9.26 Å². The monoisotopic (exact) mass is 345 g/mol. The Morgan fingerprint density at radius 1 is 1.28 bits per heavy atom. The third kappa shape index (κ3) is 4.60. The van der Waals surface area contributed by atoms with Crippen LogP contribution in [0.1, 0.15) is 23.2 Å². The maximum atomic E-state index is 9.47. The van der Waals surface area contributed by atoms with Gasteiger partial charge in [-0.05, 0) is 30.5 Å². The molecule has 6 heteroatoms. The molecule has 1 aromatic heterocycles. The van der Waals surface area contributed by atoms with E-state index in [-0.39, 0.29) is 6.61 Å². The second kappa shape index (κ2) is 8.47. The zero-order valence-electron chi connectivity index (χ0n) is 15.0. The van der Waals surface area contributed by atoms with Gasteiger partial charge in [-0.2, -0.15) is 0 Å². The van der Waals surface area contributed by atoms with E-state index in [2.05, 4.69) is 34.0 Å². The van der Waals surface area contributed by atoms with Crippen LogP contribution >= 0.6 is 0 Å². The van der Waals surface area contributed by atoms with Gasteiger partial charge < -0.3 is 14.4 Å². The van der Waals surface area contributed by atoms with E-state index >= 15 is 0 Å². The number of aromatic nitrogens is 1. The third-order valence-electron chi connectivity index (χ3n) is 4.87. The van der Waals surface area contributed by atoms with Gasteiger partial charge in [0.15, 0.2) is 0 Å². The molecule has 0 amide bonds. The number of methoxy groups -OCH3 is 1. The van der Waals surface area contributed by atoms with Gasteiger partial charge in [0.2, 0.25) is 0 Å². The zero-order chi connectivity index (χ0) is 17.6. The lowest BCUT2D eigenvalue weighted by molar-refractivity contribution is 0.0489. The Labute approximate surface area is 149 Å². The molecule has 0 saturated carbocycles. The Hall–Kier alpha value is -1.89. The summed E-state index contributed by atoms with van der Waals surface area (Å²) in [6, 6.07) is 8.60.